The van der Waals surface area contributed by atoms with Crippen molar-refractivity contribution in [3.05, 3.63) is 36.2 Å². The number of hydrogen-bond donors (Lipinski definition) is 3. The minimum absolute atomic E-state index is 0.0126. The average molecular weight is 483 g/mol. The second-order valence-corrected chi connectivity index (χ2v) is 9.57. The van der Waals surface area contributed by atoms with Crippen LogP contribution in [0.1, 0.15) is 0 Å². The molecule has 1 saturated heterocycles. The van der Waals surface area contributed by atoms with Crippen LogP contribution in [0.2, 0.25) is 0 Å². The number of amidine groups is 1. The van der Waals surface area contributed by atoms with E-state index in [4.69, 9.17) is 16.6 Å². The van der Waals surface area contributed by atoms with Crippen LogP contribution in [0, 0.1) is 20.9 Å². The summed E-state index contributed by atoms with van der Waals surface area (Å²) < 4.78 is 9.58. The molecule has 1 atom stereocenters. The molecule has 1 aromatic carbocycles. The summed E-state index contributed by atoms with van der Waals surface area (Å²) in [5, 5.41) is 22.6. The van der Waals surface area contributed by atoms with Gasteiger partial charge in [-0.25, -0.2) is 0 Å². The summed E-state index contributed by atoms with van der Waals surface area (Å²) >= 11 is 1.26. The molecule has 7 heteroatoms. The Bertz CT molecular complexity index is 897. The molecule has 2 aliphatic heterocycles. The Morgan fingerprint density at radius 2 is 2.35 bits per heavy atom. The first-order valence-corrected chi connectivity index (χ1v) is 11.8. The van der Waals surface area contributed by atoms with Crippen LogP contribution in [0.3, 0.4) is 0 Å². The van der Waals surface area contributed by atoms with Crippen molar-refractivity contribution in [2.24, 2.45) is 0 Å². The maximum atomic E-state index is 9.73. The summed E-state index contributed by atoms with van der Waals surface area (Å²) in [5.74, 6) is 3.78. The van der Waals surface area contributed by atoms with Crippen molar-refractivity contribution >= 4 is 44.4 Å². The van der Waals surface area contributed by atoms with E-state index in [9.17, 15) is 5.11 Å². The van der Waals surface area contributed by atoms with Gasteiger partial charge in [-0.2, -0.15) is 0 Å². The molecule has 0 aromatic heterocycles. The lowest BCUT2D eigenvalue weighted by Crippen LogP contribution is -2.72. The van der Waals surface area contributed by atoms with E-state index in [1.54, 1.807) is 0 Å². The van der Waals surface area contributed by atoms with Gasteiger partial charge in [0.25, 0.3) is 0 Å². The van der Waals surface area contributed by atoms with Crippen LogP contribution in [0.4, 0.5) is 0 Å². The first-order valence-electron chi connectivity index (χ1n) is 8.15. The van der Waals surface area contributed by atoms with E-state index in [-0.39, 0.29) is 27.3 Å². The van der Waals surface area contributed by atoms with Gasteiger partial charge in [0.15, 0.2) is 0 Å². The molecule has 2 heterocycles. The predicted octanol–water partition coefficient (Wildman–Crippen LogP) is 1.53. The Labute approximate surface area is 167 Å². The molecule has 0 aliphatic carbocycles. The van der Waals surface area contributed by atoms with Crippen LogP contribution in [-0.2, 0) is 0 Å². The second kappa shape index (κ2) is 8.13. The number of halogens is 1. The number of nitrogens with one attached hydrogen (secondary N) is 2. The zero-order valence-electron chi connectivity index (χ0n) is 14.8. The third-order valence-corrected chi connectivity index (χ3v) is 8.07. The van der Waals surface area contributed by atoms with Crippen molar-refractivity contribution in [1.82, 2.24) is 10.2 Å². The van der Waals surface area contributed by atoms with Gasteiger partial charge in [0, 0.05) is 28.9 Å². The van der Waals surface area contributed by atoms with Crippen LogP contribution >= 0.6 is 32.5 Å². The van der Waals surface area contributed by atoms with Gasteiger partial charge < -0.3 is 20.1 Å². The number of rotatable bonds is 6. The quantitative estimate of drug-likeness (QED) is 0.188. The number of aliphatic hydroxyl groups is 1. The van der Waals surface area contributed by atoms with E-state index in [2.05, 4.69) is 21.4 Å². The van der Waals surface area contributed by atoms with Crippen LogP contribution in [-0.4, -0.2) is 59.8 Å². The smallest absolute Gasteiger partial charge is 0.200 e. The number of terminal acetylenes is 1. The lowest BCUT2D eigenvalue weighted by atomic mass is 9.91. The van der Waals surface area contributed by atoms with Crippen LogP contribution in [0.25, 0.3) is 6.08 Å². The molecule has 1 aromatic rings. The van der Waals surface area contributed by atoms with Crippen molar-refractivity contribution in [3.63, 3.8) is 0 Å². The Balaban J connectivity index is 1.80. The molecule has 1 unspecified atom stereocenters. The third kappa shape index (κ3) is 3.69. The number of aliphatic hydroxyl groups excluding tert-OH is 1. The van der Waals surface area contributed by atoms with Gasteiger partial charge in [-0.1, -0.05) is 26.7 Å². The molecule has 0 amide bonds. The number of allylic oxidation sites excluding steroid dienone is 1. The fourth-order valence-electron chi connectivity index (χ4n) is 2.82. The van der Waals surface area contributed by atoms with E-state index >= 15 is 0 Å². The van der Waals surface area contributed by atoms with Gasteiger partial charge >= 0.3 is 0 Å². The van der Waals surface area contributed by atoms with Gasteiger partial charge in [-0.3, -0.25) is 5.41 Å². The van der Waals surface area contributed by atoms with Crippen molar-refractivity contribution in [2.75, 3.05) is 33.0 Å². The maximum Gasteiger partial charge on any atom is 0.200 e. The zero-order valence-corrected chi connectivity index (χ0v) is 17.7. The number of fused-ring (bicyclic) bond motifs is 1. The molecule has 3 rings (SSSR count). The van der Waals surface area contributed by atoms with Crippen LogP contribution in [0.15, 0.2) is 27.9 Å². The highest BCUT2D eigenvalue weighted by Gasteiger charge is 2.43. The van der Waals surface area contributed by atoms with E-state index in [1.165, 1.54) is 14.9 Å². The molecule has 0 bridgehead atoms. The molecule has 0 radical (unpaired) electrons. The minimum atomic E-state index is -0.442. The number of thioether (sulfide) groups is 1. The number of hydrogen-bond acceptors (Lipinski definition) is 5. The summed E-state index contributed by atoms with van der Waals surface area (Å²) in [6, 6.07) is 6.06. The number of nitrogens with zero attached hydrogens (tertiary/aromatic N) is 1. The molecule has 5 nitrogen and oxygen atoms in total. The van der Waals surface area contributed by atoms with Gasteiger partial charge in [-0.15, -0.1) is 18.2 Å². The highest BCUT2D eigenvalue weighted by Crippen LogP contribution is 2.25. The van der Waals surface area contributed by atoms with Gasteiger partial charge in [0.05, 0.1) is 12.1 Å². The van der Waals surface area contributed by atoms with Crippen molar-refractivity contribution in [3.8, 4) is 18.1 Å². The van der Waals surface area contributed by atoms with Gasteiger partial charge in [0.2, 0.25) is 5.44 Å². The average Bonchev–Trinajstić information content (AvgIpc) is 2.64. The van der Waals surface area contributed by atoms with E-state index in [0.717, 1.165) is 16.5 Å². The highest BCUT2D eigenvalue weighted by atomic mass is 127. The highest BCUT2D eigenvalue weighted by molar-refractivity contribution is 14.2. The lowest BCUT2D eigenvalue weighted by Gasteiger charge is -2.49. The first-order chi connectivity index (χ1) is 12.5. The molecule has 3 N–H and O–H groups in total. The standard InChI is InChI=1S/C19H22IN3O2S/c1-4-13-7-14-8-15(5-6-16(14)20-9-13)25-18(26-3)17(21)23(2)19(12-24)10-22-11-19/h1,5-9,18,21-22,24H,10-12H2,2-3H3. The monoisotopic (exact) mass is 483 g/mol. The normalized spacial score (nSPS) is 18.3. The fraction of sp³-hybridized carbons (Fsp3) is 0.368. The Hall–Kier alpha value is -1.34. The molecule has 1 fully saturated rings. The van der Waals surface area contributed by atoms with Crippen LogP contribution in [0.5, 0.6) is 5.75 Å². The predicted molar refractivity (Wildman–Crippen MR) is 116 cm³/mol. The largest absolute Gasteiger partial charge is 0.472 e. The zero-order chi connectivity index (χ0) is 18.7. The summed E-state index contributed by atoms with van der Waals surface area (Å²) in [5.41, 5.74) is 0.0799. The summed E-state index contributed by atoms with van der Waals surface area (Å²) in [6.07, 6.45) is 9.46. The molecule has 26 heavy (non-hydrogen) atoms. The van der Waals surface area contributed by atoms with Crippen molar-refractivity contribution in [2.45, 2.75) is 11.0 Å². The molecule has 0 saturated carbocycles. The SMILES string of the molecule is C#CC1=CI=c2ccc(OC(SC)C(=N)N(C)C3(CO)CNC3)cc2=C1. The van der Waals surface area contributed by atoms with Gasteiger partial charge in [-0.05, 0) is 39.8 Å². The van der Waals surface area contributed by atoms with Crippen molar-refractivity contribution < 1.29 is 9.84 Å². The molecule has 2 aliphatic rings. The van der Waals surface area contributed by atoms with Gasteiger partial charge in [0.1, 0.15) is 11.6 Å². The lowest BCUT2D eigenvalue weighted by molar-refractivity contribution is 0.0457. The maximum absolute atomic E-state index is 9.73. The molecule has 138 valence electrons. The number of likely N-dealkylation sites (N-methyl/N-ethyl adjacent to an activating group) is 1. The number of benzene rings is 1. The Kier molecular flexibility index (Phi) is 6.07. The fourth-order valence-corrected chi connectivity index (χ4v) is 5.49. The Morgan fingerprint density at radius 1 is 1.58 bits per heavy atom. The first kappa shape index (κ1) is 19.4. The molecule has 0 spiro atoms. The third-order valence-electron chi connectivity index (χ3n) is 4.69. The summed E-state index contributed by atoms with van der Waals surface area (Å²) in [4.78, 5) is 1.83. The van der Waals surface area contributed by atoms with Crippen molar-refractivity contribution in [1.29, 1.82) is 5.41 Å². The summed E-state index contributed by atoms with van der Waals surface area (Å²) in [7, 11) is 1.85. The summed E-state index contributed by atoms with van der Waals surface area (Å²) in [6.45, 7) is 1.35. The van der Waals surface area contributed by atoms with E-state index < -0.39 is 11.0 Å². The topological polar surface area (TPSA) is 68.6 Å². The molecular weight excluding hydrogens is 461 g/mol. The van der Waals surface area contributed by atoms with E-state index in [1.807, 2.05) is 36.4 Å². The molecular formula is C19H22IN3O2S. The number of ether oxygens (including phenoxy) is 1. The second-order valence-electron chi connectivity index (χ2n) is 6.26. The van der Waals surface area contributed by atoms with Crippen LogP contribution < -0.4 is 15.3 Å². The Morgan fingerprint density at radius 3 is 2.92 bits per heavy atom. The minimum Gasteiger partial charge on any atom is -0.472 e. The van der Waals surface area contributed by atoms with E-state index in [0.29, 0.717) is 18.9 Å².